The van der Waals surface area contributed by atoms with Gasteiger partial charge in [0.2, 0.25) is 11.6 Å². The number of hydrogen-bond acceptors (Lipinski definition) is 7. The second-order valence-corrected chi connectivity index (χ2v) is 5.11. The van der Waals surface area contributed by atoms with Crippen molar-refractivity contribution in [2.24, 2.45) is 0 Å². The molecule has 1 aromatic heterocycles. The first kappa shape index (κ1) is 15.4. The Morgan fingerprint density at radius 2 is 2.33 bits per heavy atom. The first-order valence-electron chi connectivity index (χ1n) is 7.14. The lowest BCUT2D eigenvalue weighted by Crippen LogP contribution is -2.38. The minimum atomic E-state index is -0.411. The molecule has 1 unspecified atom stereocenters. The van der Waals surface area contributed by atoms with Crippen LogP contribution in [-0.4, -0.2) is 47.7 Å². The predicted molar refractivity (Wildman–Crippen MR) is 79.7 cm³/mol. The van der Waals surface area contributed by atoms with Gasteiger partial charge in [-0.25, -0.2) is 9.97 Å². The largest absolute Gasteiger partial charge is 0.383 e. The number of aromatic nitrogens is 2. The summed E-state index contributed by atoms with van der Waals surface area (Å²) in [5.74, 6) is 0.655. The van der Waals surface area contributed by atoms with Gasteiger partial charge in [-0.05, 0) is 26.2 Å². The van der Waals surface area contributed by atoms with Crippen LogP contribution in [0.2, 0.25) is 0 Å². The molecule has 1 aliphatic rings. The number of nitrogens with zero attached hydrogens (tertiary/aromatic N) is 4. The van der Waals surface area contributed by atoms with Crippen molar-refractivity contribution >= 4 is 17.3 Å². The van der Waals surface area contributed by atoms with Crippen LogP contribution in [0.25, 0.3) is 0 Å². The van der Waals surface area contributed by atoms with Crippen LogP contribution in [0.15, 0.2) is 6.33 Å². The second-order valence-electron chi connectivity index (χ2n) is 5.11. The maximum Gasteiger partial charge on any atom is 0.353 e. The van der Waals surface area contributed by atoms with E-state index in [0.717, 1.165) is 25.8 Å². The molecular weight excluding hydrogens is 274 g/mol. The Balaban J connectivity index is 2.31. The molecule has 0 saturated carbocycles. The van der Waals surface area contributed by atoms with Crippen LogP contribution in [-0.2, 0) is 4.74 Å². The number of anilines is 2. The standard InChI is InChI=1S/C13H21N5O3/c1-10-5-3-4-7-17(10)13-11(18(19)20)12(15-9-16-13)14-6-8-21-2/h9-10H,3-8H2,1-2H3,(H,14,15,16). The Morgan fingerprint density at radius 3 is 3.00 bits per heavy atom. The molecule has 1 atom stereocenters. The summed E-state index contributed by atoms with van der Waals surface area (Å²) in [6, 6.07) is 0.249. The second kappa shape index (κ2) is 7.16. The normalized spacial score (nSPS) is 18.6. The van der Waals surface area contributed by atoms with Gasteiger partial charge < -0.3 is 15.0 Å². The van der Waals surface area contributed by atoms with Crippen molar-refractivity contribution < 1.29 is 9.66 Å². The molecule has 0 aliphatic carbocycles. The molecule has 2 rings (SSSR count). The maximum absolute atomic E-state index is 11.5. The first-order valence-corrected chi connectivity index (χ1v) is 7.14. The summed E-state index contributed by atoms with van der Waals surface area (Å²) in [6.45, 7) is 3.78. The Bertz CT molecular complexity index is 497. The topological polar surface area (TPSA) is 93.4 Å². The number of hydrogen-bond donors (Lipinski definition) is 1. The summed E-state index contributed by atoms with van der Waals surface area (Å²) in [5, 5.41) is 14.4. The zero-order valence-electron chi connectivity index (χ0n) is 12.4. The Hall–Kier alpha value is -1.96. The van der Waals surface area contributed by atoms with E-state index in [1.54, 1.807) is 7.11 Å². The highest BCUT2D eigenvalue weighted by Crippen LogP contribution is 2.34. The van der Waals surface area contributed by atoms with E-state index in [9.17, 15) is 10.1 Å². The van der Waals surface area contributed by atoms with Crippen LogP contribution in [0.5, 0.6) is 0 Å². The first-order chi connectivity index (χ1) is 10.1. The predicted octanol–water partition coefficient (Wildman–Crippen LogP) is 1.82. The number of nitrogens with one attached hydrogen (secondary N) is 1. The third-order valence-corrected chi connectivity index (χ3v) is 3.66. The van der Waals surface area contributed by atoms with Crippen molar-refractivity contribution in [1.82, 2.24) is 9.97 Å². The molecule has 0 radical (unpaired) electrons. The number of rotatable bonds is 6. The van der Waals surface area contributed by atoms with Gasteiger partial charge in [-0.15, -0.1) is 0 Å². The quantitative estimate of drug-likeness (QED) is 0.486. The average molecular weight is 295 g/mol. The smallest absolute Gasteiger partial charge is 0.353 e. The highest BCUT2D eigenvalue weighted by Gasteiger charge is 2.30. The van der Waals surface area contributed by atoms with E-state index < -0.39 is 4.92 Å². The number of piperidine rings is 1. The highest BCUT2D eigenvalue weighted by molar-refractivity contribution is 5.70. The fourth-order valence-corrected chi connectivity index (χ4v) is 2.56. The summed E-state index contributed by atoms with van der Waals surface area (Å²) >= 11 is 0. The van der Waals surface area contributed by atoms with Crippen LogP contribution < -0.4 is 10.2 Å². The minimum absolute atomic E-state index is 0.0534. The maximum atomic E-state index is 11.5. The van der Waals surface area contributed by atoms with Gasteiger partial charge in [0.25, 0.3) is 0 Å². The Labute approximate surface area is 123 Å². The van der Waals surface area contributed by atoms with E-state index in [4.69, 9.17) is 4.74 Å². The highest BCUT2D eigenvalue weighted by atomic mass is 16.6. The van der Waals surface area contributed by atoms with Crippen LogP contribution in [0.3, 0.4) is 0 Å². The van der Waals surface area contributed by atoms with Crippen molar-refractivity contribution in [2.45, 2.75) is 32.2 Å². The summed E-state index contributed by atoms with van der Waals surface area (Å²) in [4.78, 5) is 21.2. The molecule has 0 spiro atoms. The van der Waals surface area contributed by atoms with Gasteiger partial charge in [0.15, 0.2) is 0 Å². The Kier molecular flexibility index (Phi) is 5.26. The molecule has 0 amide bonds. The molecule has 8 nitrogen and oxygen atoms in total. The molecular formula is C13H21N5O3. The molecule has 1 N–H and O–H groups in total. The van der Waals surface area contributed by atoms with Crippen molar-refractivity contribution in [3.8, 4) is 0 Å². The van der Waals surface area contributed by atoms with Crippen molar-refractivity contribution in [3.63, 3.8) is 0 Å². The van der Waals surface area contributed by atoms with Gasteiger partial charge >= 0.3 is 5.69 Å². The third kappa shape index (κ3) is 3.57. The van der Waals surface area contributed by atoms with Gasteiger partial charge in [0, 0.05) is 26.2 Å². The van der Waals surface area contributed by atoms with Crippen LogP contribution in [0.1, 0.15) is 26.2 Å². The van der Waals surface area contributed by atoms with Crippen molar-refractivity contribution in [1.29, 1.82) is 0 Å². The SMILES string of the molecule is COCCNc1ncnc(N2CCCCC2C)c1[N+](=O)[O-]. The van der Waals surface area contributed by atoms with Gasteiger partial charge in [-0.1, -0.05) is 0 Å². The van der Waals surface area contributed by atoms with E-state index in [1.165, 1.54) is 6.33 Å². The fraction of sp³-hybridized carbons (Fsp3) is 0.692. The monoisotopic (exact) mass is 295 g/mol. The number of methoxy groups -OCH3 is 1. The van der Waals surface area contributed by atoms with Crippen LogP contribution in [0.4, 0.5) is 17.3 Å². The van der Waals surface area contributed by atoms with E-state index >= 15 is 0 Å². The fourth-order valence-electron chi connectivity index (χ4n) is 2.56. The van der Waals surface area contributed by atoms with E-state index in [0.29, 0.717) is 19.0 Å². The van der Waals surface area contributed by atoms with Gasteiger partial charge in [-0.3, -0.25) is 10.1 Å². The summed E-state index contributed by atoms with van der Waals surface area (Å²) in [6.07, 6.45) is 4.57. The summed E-state index contributed by atoms with van der Waals surface area (Å²) in [5.41, 5.74) is -0.0534. The number of nitro groups is 1. The zero-order chi connectivity index (χ0) is 15.2. The molecule has 21 heavy (non-hydrogen) atoms. The molecule has 0 aromatic carbocycles. The minimum Gasteiger partial charge on any atom is -0.383 e. The Morgan fingerprint density at radius 1 is 1.52 bits per heavy atom. The summed E-state index contributed by atoms with van der Waals surface area (Å²) < 4.78 is 4.94. The van der Waals surface area contributed by atoms with Crippen molar-refractivity contribution in [2.75, 3.05) is 37.0 Å². The average Bonchev–Trinajstić information content (AvgIpc) is 2.47. The molecule has 1 fully saturated rings. The van der Waals surface area contributed by atoms with E-state index in [1.807, 2.05) is 4.90 Å². The molecule has 1 aromatic rings. The van der Waals surface area contributed by atoms with E-state index in [2.05, 4.69) is 22.2 Å². The van der Waals surface area contributed by atoms with Crippen LogP contribution >= 0.6 is 0 Å². The summed E-state index contributed by atoms with van der Waals surface area (Å²) in [7, 11) is 1.58. The zero-order valence-corrected chi connectivity index (χ0v) is 12.4. The molecule has 2 heterocycles. The lowest BCUT2D eigenvalue weighted by Gasteiger charge is -2.33. The molecule has 1 aliphatic heterocycles. The van der Waals surface area contributed by atoms with Gasteiger partial charge in [-0.2, -0.15) is 0 Å². The molecule has 1 saturated heterocycles. The van der Waals surface area contributed by atoms with Gasteiger partial charge in [0.1, 0.15) is 6.33 Å². The van der Waals surface area contributed by atoms with Crippen LogP contribution in [0, 0.1) is 10.1 Å². The van der Waals surface area contributed by atoms with Crippen molar-refractivity contribution in [3.05, 3.63) is 16.4 Å². The van der Waals surface area contributed by atoms with E-state index in [-0.39, 0.29) is 17.5 Å². The molecule has 0 bridgehead atoms. The lowest BCUT2D eigenvalue weighted by molar-refractivity contribution is -0.383. The lowest BCUT2D eigenvalue weighted by atomic mass is 10.0. The van der Waals surface area contributed by atoms with Gasteiger partial charge in [0.05, 0.1) is 11.5 Å². The molecule has 8 heteroatoms. The third-order valence-electron chi connectivity index (χ3n) is 3.66. The molecule has 116 valence electrons. The number of ether oxygens (including phenoxy) is 1.